The molecule has 0 saturated heterocycles. The molecule has 1 atom stereocenters. The molecule has 0 radical (unpaired) electrons. The van der Waals surface area contributed by atoms with E-state index < -0.39 is 0 Å². The molecule has 1 nitrogen and oxygen atoms in total. The number of anilines is 1. The maximum Gasteiger partial charge on any atom is 0.0407 e. The van der Waals surface area contributed by atoms with Crippen LogP contribution in [0.3, 0.4) is 0 Å². The van der Waals surface area contributed by atoms with Crippen LogP contribution in [0, 0.1) is 5.92 Å². The number of benzene rings is 1. The zero-order chi connectivity index (χ0) is 9.84. The van der Waals surface area contributed by atoms with Crippen molar-refractivity contribution in [2.45, 2.75) is 26.8 Å². The minimum atomic E-state index is 0.487. The maximum absolute atomic E-state index is 5.78. The van der Waals surface area contributed by atoms with Crippen molar-refractivity contribution in [3.63, 3.8) is 0 Å². The summed E-state index contributed by atoms with van der Waals surface area (Å²) in [5.74, 6) is 0.635. The quantitative estimate of drug-likeness (QED) is 0.778. The fourth-order valence-electron chi connectivity index (χ4n) is 0.976. The van der Waals surface area contributed by atoms with Gasteiger partial charge in [-0.2, -0.15) is 0 Å². The molecule has 1 N–H and O–H groups in total. The summed E-state index contributed by atoms with van der Waals surface area (Å²) in [6.45, 7) is 6.58. The second-order valence-corrected chi connectivity index (χ2v) is 4.12. The van der Waals surface area contributed by atoms with Gasteiger partial charge in [-0.1, -0.05) is 25.4 Å². The summed E-state index contributed by atoms with van der Waals surface area (Å²) in [6.07, 6.45) is 0. The van der Waals surface area contributed by atoms with Gasteiger partial charge in [0.2, 0.25) is 0 Å². The highest BCUT2D eigenvalue weighted by Gasteiger charge is 2.05. The van der Waals surface area contributed by atoms with Crippen molar-refractivity contribution < 1.29 is 0 Å². The first-order valence-electron chi connectivity index (χ1n) is 4.61. The van der Waals surface area contributed by atoms with Crippen molar-refractivity contribution in [3.8, 4) is 0 Å². The Labute approximate surface area is 85.1 Å². The molecular formula is C11H16ClN. The van der Waals surface area contributed by atoms with Gasteiger partial charge in [-0.05, 0) is 37.1 Å². The molecule has 72 valence electrons. The first-order chi connectivity index (χ1) is 6.09. The minimum absolute atomic E-state index is 0.487. The topological polar surface area (TPSA) is 12.0 Å². The molecule has 13 heavy (non-hydrogen) atoms. The van der Waals surface area contributed by atoms with E-state index in [4.69, 9.17) is 11.6 Å². The fourth-order valence-corrected chi connectivity index (χ4v) is 1.10. The molecule has 1 aromatic carbocycles. The fraction of sp³-hybridized carbons (Fsp3) is 0.455. The average molecular weight is 198 g/mol. The predicted octanol–water partition coefficient (Wildman–Crippen LogP) is 3.80. The number of hydrogen-bond acceptors (Lipinski definition) is 1. The van der Waals surface area contributed by atoms with Gasteiger partial charge >= 0.3 is 0 Å². The Morgan fingerprint density at radius 2 is 1.62 bits per heavy atom. The SMILES string of the molecule is CC(C)[C@@H](C)Nc1ccc(Cl)cc1. The largest absolute Gasteiger partial charge is 0.382 e. The molecule has 0 aliphatic rings. The highest BCUT2D eigenvalue weighted by molar-refractivity contribution is 6.30. The molecular weight excluding hydrogens is 182 g/mol. The van der Waals surface area contributed by atoms with Crippen LogP contribution in [0.2, 0.25) is 5.02 Å². The molecule has 0 saturated carbocycles. The van der Waals surface area contributed by atoms with Crippen LogP contribution in [-0.2, 0) is 0 Å². The Morgan fingerprint density at radius 3 is 2.08 bits per heavy atom. The van der Waals surface area contributed by atoms with E-state index in [-0.39, 0.29) is 0 Å². The first-order valence-corrected chi connectivity index (χ1v) is 4.99. The van der Waals surface area contributed by atoms with E-state index in [2.05, 4.69) is 26.1 Å². The third-order valence-corrected chi connectivity index (χ3v) is 2.49. The van der Waals surface area contributed by atoms with Crippen LogP contribution in [0.1, 0.15) is 20.8 Å². The molecule has 0 spiro atoms. The molecule has 0 bridgehead atoms. The van der Waals surface area contributed by atoms with Crippen molar-refractivity contribution in [2.75, 3.05) is 5.32 Å². The van der Waals surface area contributed by atoms with Gasteiger partial charge in [0.1, 0.15) is 0 Å². The summed E-state index contributed by atoms with van der Waals surface area (Å²) >= 11 is 5.78. The summed E-state index contributed by atoms with van der Waals surface area (Å²) < 4.78 is 0. The van der Waals surface area contributed by atoms with Gasteiger partial charge in [-0.25, -0.2) is 0 Å². The average Bonchev–Trinajstić information content (AvgIpc) is 2.08. The summed E-state index contributed by atoms with van der Waals surface area (Å²) in [7, 11) is 0. The monoisotopic (exact) mass is 197 g/mol. The van der Waals surface area contributed by atoms with Gasteiger partial charge in [0.05, 0.1) is 0 Å². The third-order valence-electron chi connectivity index (χ3n) is 2.24. The van der Waals surface area contributed by atoms with E-state index >= 15 is 0 Å². The summed E-state index contributed by atoms with van der Waals surface area (Å²) in [4.78, 5) is 0. The van der Waals surface area contributed by atoms with Crippen LogP contribution in [0.25, 0.3) is 0 Å². The second-order valence-electron chi connectivity index (χ2n) is 3.68. The lowest BCUT2D eigenvalue weighted by Gasteiger charge is -2.18. The zero-order valence-corrected chi connectivity index (χ0v) is 9.10. The van der Waals surface area contributed by atoms with E-state index in [0.717, 1.165) is 10.7 Å². The molecule has 0 fully saturated rings. The standard InChI is InChI=1S/C11H16ClN/c1-8(2)9(3)13-11-6-4-10(12)5-7-11/h4-9,13H,1-3H3/t9-/m1/s1. The highest BCUT2D eigenvalue weighted by atomic mass is 35.5. The lowest BCUT2D eigenvalue weighted by Crippen LogP contribution is -2.21. The Morgan fingerprint density at radius 1 is 1.08 bits per heavy atom. The molecule has 1 aromatic rings. The second kappa shape index (κ2) is 4.52. The Bertz CT molecular complexity index is 253. The van der Waals surface area contributed by atoms with E-state index in [1.165, 1.54) is 0 Å². The lowest BCUT2D eigenvalue weighted by atomic mass is 10.1. The van der Waals surface area contributed by atoms with E-state index in [1.54, 1.807) is 0 Å². The molecule has 0 aliphatic heterocycles. The highest BCUT2D eigenvalue weighted by Crippen LogP contribution is 2.15. The van der Waals surface area contributed by atoms with Crippen LogP contribution in [0.4, 0.5) is 5.69 Å². The smallest absolute Gasteiger partial charge is 0.0407 e. The van der Waals surface area contributed by atoms with Crippen LogP contribution >= 0.6 is 11.6 Å². The Hall–Kier alpha value is -0.690. The van der Waals surface area contributed by atoms with E-state index in [9.17, 15) is 0 Å². The molecule has 0 unspecified atom stereocenters. The van der Waals surface area contributed by atoms with Gasteiger partial charge < -0.3 is 5.32 Å². The normalized spacial score (nSPS) is 13.0. The summed E-state index contributed by atoms with van der Waals surface area (Å²) in [5.41, 5.74) is 1.13. The van der Waals surface area contributed by atoms with Crippen molar-refractivity contribution >= 4 is 17.3 Å². The third kappa shape index (κ3) is 3.27. The van der Waals surface area contributed by atoms with Gasteiger partial charge in [0.25, 0.3) is 0 Å². The first kappa shape index (κ1) is 10.4. The lowest BCUT2D eigenvalue weighted by molar-refractivity contribution is 0.560. The van der Waals surface area contributed by atoms with Crippen LogP contribution in [0.5, 0.6) is 0 Å². The van der Waals surface area contributed by atoms with Crippen molar-refractivity contribution in [2.24, 2.45) is 5.92 Å². The Kier molecular flexibility index (Phi) is 3.61. The zero-order valence-electron chi connectivity index (χ0n) is 8.34. The van der Waals surface area contributed by atoms with E-state index in [0.29, 0.717) is 12.0 Å². The maximum atomic E-state index is 5.78. The van der Waals surface area contributed by atoms with Gasteiger partial charge in [0.15, 0.2) is 0 Å². The van der Waals surface area contributed by atoms with Crippen LogP contribution < -0.4 is 5.32 Å². The van der Waals surface area contributed by atoms with Crippen molar-refractivity contribution in [3.05, 3.63) is 29.3 Å². The number of halogens is 1. The van der Waals surface area contributed by atoms with Crippen LogP contribution in [0.15, 0.2) is 24.3 Å². The minimum Gasteiger partial charge on any atom is -0.382 e. The number of hydrogen-bond donors (Lipinski definition) is 1. The predicted molar refractivity (Wildman–Crippen MR) is 59.4 cm³/mol. The molecule has 0 aliphatic carbocycles. The molecule has 0 heterocycles. The molecule has 2 heteroatoms. The van der Waals surface area contributed by atoms with Gasteiger partial charge in [-0.3, -0.25) is 0 Å². The van der Waals surface area contributed by atoms with Gasteiger partial charge in [-0.15, -0.1) is 0 Å². The molecule has 1 rings (SSSR count). The summed E-state index contributed by atoms with van der Waals surface area (Å²) in [6, 6.07) is 8.29. The van der Waals surface area contributed by atoms with Gasteiger partial charge in [0, 0.05) is 16.8 Å². The molecule has 0 aromatic heterocycles. The van der Waals surface area contributed by atoms with E-state index in [1.807, 2.05) is 24.3 Å². The van der Waals surface area contributed by atoms with Crippen LogP contribution in [-0.4, -0.2) is 6.04 Å². The Balaban J connectivity index is 2.59. The number of nitrogens with one attached hydrogen (secondary N) is 1. The molecule has 0 amide bonds. The van der Waals surface area contributed by atoms with Crippen molar-refractivity contribution in [1.82, 2.24) is 0 Å². The van der Waals surface area contributed by atoms with Crippen molar-refractivity contribution in [1.29, 1.82) is 0 Å². The summed E-state index contributed by atoms with van der Waals surface area (Å²) in [5, 5.41) is 4.19. The number of rotatable bonds is 3.